The smallest absolute Gasteiger partial charge is 0.0953 e. The molecule has 1 fully saturated rings. The fraction of sp³-hybridized carbons (Fsp3) is 0.667. The number of nitrogens with zero attached hydrogens (tertiary/aromatic N) is 5. The fourth-order valence-corrected chi connectivity index (χ4v) is 3.59. The molecule has 1 atom stereocenters. The predicted octanol–water partition coefficient (Wildman–Crippen LogP) is 2.67. The molecular weight excluding hydrogens is 302 g/mol. The molecule has 0 bridgehead atoms. The lowest BCUT2D eigenvalue weighted by atomic mass is 10.1. The van der Waals surface area contributed by atoms with Crippen LogP contribution in [-0.2, 0) is 11.3 Å². The first kappa shape index (κ1) is 17.2. The Bertz CT molecular complexity index is 669. The minimum Gasteiger partial charge on any atom is -0.379 e. The first-order valence-corrected chi connectivity index (χ1v) is 8.98. The van der Waals surface area contributed by atoms with E-state index in [2.05, 4.69) is 46.8 Å². The molecule has 3 rings (SSSR count). The second-order valence-corrected chi connectivity index (χ2v) is 6.72. The third-order valence-electron chi connectivity index (χ3n) is 4.84. The van der Waals surface area contributed by atoms with Gasteiger partial charge in [0.1, 0.15) is 0 Å². The van der Waals surface area contributed by atoms with Crippen LogP contribution in [0.25, 0.3) is 11.3 Å². The Hall–Kier alpha value is -1.66. The maximum atomic E-state index is 5.45. The van der Waals surface area contributed by atoms with Gasteiger partial charge in [-0.15, -0.1) is 0 Å². The van der Waals surface area contributed by atoms with E-state index in [1.165, 1.54) is 17.0 Å². The number of rotatable bonds is 6. The van der Waals surface area contributed by atoms with E-state index in [1.54, 1.807) is 0 Å². The van der Waals surface area contributed by atoms with Crippen LogP contribution < -0.4 is 0 Å². The van der Waals surface area contributed by atoms with Gasteiger partial charge in [-0.3, -0.25) is 9.58 Å². The second kappa shape index (κ2) is 7.49. The zero-order valence-electron chi connectivity index (χ0n) is 15.3. The van der Waals surface area contributed by atoms with Crippen molar-refractivity contribution in [3.05, 3.63) is 23.9 Å². The fourth-order valence-electron chi connectivity index (χ4n) is 3.59. The summed E-state index contributed by atoms with van der Waals surface area (Å²) in [5, 5.41) is 4.72. The molecule has 0 aliphatic carbocycles. The van der Waals surface area contributed by atoms with Crippen LogP contribution in [-0.4, -0.2) is 57.1 Å². The van der Waals surface area contributed by atoms with Gasteiger partial charge in [-0.2, -0.15) is 5.10 Å². The molecule has 1 aliphatic rings. The molecule has 2 aromatic rings. The minimum atomic E-state index is 0.369. The summed E-state index contributed by atoms with van der Waals surface area (Å²) in [6, 6.07) is 0.369. The van der Waals surface area contributed by atoms with Gasteiger partial charge in [-0.25, -0.2) is 4.98 Å². The summed E-state index contributed by atoms with van der Waals surface area (Å²) in [4.78, 5) is 6.90. The van der Waals surface area contributed by atoms with E-state index in [1.807, 2.05) is 12.5 Å². The van der Waals surface area contributed by atoms with Crippen molar-refractivity contribution in [3.8, 4) is 11.3 Å². The van der Waals surface area contributed by atoms with E-state index in [9.17, 15) is 0 Å². The van der Waals surface area contributed by atoms with Crippen LogP contribution in [0.3, 0.4) is 0 Å². The van der Waals surface area contributed by atoms with E-state index < -0.39 is 0 Å². The number of imidazole rings is 1. The van der Waals surface area contributed by atoms with Gasteiger partial charge in [-0.05, 0) is 27.2 Å². The highest BCUT2D eigenvalue weighted by Gasteiger charge is 2.21. The third kappa shape index (κ3) is 3.39. The highest BCUT2D eigenvalue weighted by atomic mass is 16.5. The Morgan fingerprint density at radius 3 is 2.71 bits per heavy atom. The summed E-state index contributed by atoms with van der Waals surface area (Å²) in [5.74, 6) is 0. The number of hydrogen-bond donors (Lipinski definition) is 0. The molecule has 3 heterocycles. The first-order chi connectivity index (χ1) is 11.6. The third-order valence-corrected chi connectivity index (χ3v) is 4.84. The topological polar surface area (TPSA) is 48.1 Å². The molecule has 132 valence electrons. The number of ether oxygens (including phenoxy) is 1. The van der Waals surface area contributed by atoms with Crippen LogP contribution in [0.4, 0.5) is 0 Å². The summed E-state index contributed by atoms with van der Waals surface area (Å²) in [6.07, 6.45) is 5.02. The quantitative estimate of drug-likeness (QED) is 0.816. The molecular formula is C18H29N5O. The molecule has 0 amide bonds. The lowest BCUT2D eigenvalue weighted by molar-refractivity contribution is 0.0326. The Morgan fingerprint density at radius 1 is 1.25 bits per heavy atom. The molecule has 2 aromatic heterocycles. The normalized spacial score (nSPS) is 17.3. The molecule has 0 saturated carbocycles. The summed E-state index contributed by atoms with van der Waals surface area (Å²) in [5.41, 5.74) is 4.72. The Labute approximate surface area is 144 Å². The van der Waals surface area contributed by atoms with Gasteiger partial charge in [0.25, 0.3) is 0 Å². The van der Waals surface area contributed by atoms with Gasteiger partial charge in [0.2, 0.25) is 0 Å². The van der Waals surface area contributed by atoms with Crippen molar-refractivity contribution in [2.45, 2.75) is 46.7 Å². The zero-order valence-corrected chi connectivity index (χ0v) is 15.3. The number of aromatic nitrogens is 4. The van der Waals surface area contributed by atoms with Gasteiger partial charge in [0.05, 0.1) is 37.1 Å². The first-order valence-electron chi connectivity index (χ1n) is 8.98. The van der Waals surface area contributed by atoms with Crippen LogP contribution in [0.5, 0.6) is 0 Å². The summed E-state index contributed by atoms with van der Waals surface area (Å²) in [6.45, 7) is 14.4. The van der Waals surface area contributed by atoms with Gasteiger partial charge in [0.15, 0.2) is 0 Å². The molecule has 0 radical (unpaired) electrons. The molecule has 6 nitrogen and oxygen atoms in total. The Balaban J connectivity index is 1.85. The molecule has 0 unspecified atom stereocenters. The van der Waals surface area contributed by atoms with Gasteiger partial charge < -0.3 is 9.30 Å². The van der Waals surface area contributed by atoms with E-state index in [-0.39, 0.29) is 0 Å². The van der Waals surface area contributed by atoms with Gasteiger partial charge >= 0.3 is 0 Å². The Morgan fingerprint density at radius 2 is 2.00 bits per heavy atom. The van der Waals surface area contributed by atoms with E-state index in [0.717, 1.165) is 51.5 Å². The SMILES string of the molecule is CCCn1nc(C)c(-c2cncn2[C@H](C)CN2CCOCC2)c1C. The number of hydrogen-bond acceptors (Lipinski definition) is 4. The predicted molar refractivity (Wildman–Crippen MR) is 95.2 cm³/mol. The maximum Gasteiger partial charge on any atom is 0.0953 e. The van der Waals surface area contributed by atoms with Crippen LogP contribution in [0.2, 0.25) is 0 Å². The van der Waals surface area contributed by atoms with Crippen molar-refractivity contribution >= 4 is 0 Å². The lowest BCUT2D eigenvalue weighted by Gasteiger charge is -2.30. The van der Waals surface area contributed by atoms with Crippen LogP contribution in [0.15, 0.2) is 12.5 Å². The molecule has 24 heavy (non-hydrogen) atoms. The highest BCUT2D eigenvalue weighted by Crippen LogP contribution is 2.29. The van der Waals surface area contributed by atoms with Crippen LogP contribution in [0, 0.1) is 13.8 Å². The minimum absolute atomic E-state index is 0.369. The van der Waals surface area contributed by atoms with Crippen molar-refractivity contribution in [1.29, 1.82) is 0 Å². The number of morpholine rings is 1. The molecule has 0 N–H and O–H groups in total. The molecule has 0 aromatic carbocycles. The average Bonchev–Trinajstić information content (AvgIpc) is 3.14. The molecule has 6 heteroatoms. The Kier molecular flexibility index (Phi) is 5.36. The molecule has 1 saturated heterocycles. The number of aryl methyl sites for hydroxylation is 2. The van der Waals surface area contributed by atoms with E-state index >= 15 is 0 Å². The second-order valence-electron chi connectivity index (χ2n) is 6.72. The maximum absolute atomic E-state index is 5.45. The van der Waals surface area contributed by atoms with Crippen molar-refractivity contribution in [2.24, 2.45) is 0 Å². The lowest BCUT2D eigenvalue weighted by Crippen LogP contribution is -2.39. The monoisotopic (exact) mass is 331 g/mol. The summed E-state index contributed by atoms with van der Waals surface area (Å²) in [7, 11) is 0. The summed E-state index contributed by atoms with van der Waals surface area (Å²) < 4.78 is 9.86. The molecule has 1 aliphatic heterocycles. The highest BCUT2D eigenvalue weighted by molar-refractivity contribution is 5.65. The van der Waals surface area contributed by atoms with E-state index in [4.69, 9.17) is 9.84 Å². The van der Waals surface area contributed by atoms with Crippen molar-refractivity contribution in [2.75, 3.05) is 32.8 Å². The van der Waals surface area contributed by atoms with E-state index in [0.29, 0.717) is 6.04 Å². The average molecular weight is 331 g/mol. The van der Waals surface area contributed by atoms with Crippen molar-refractivity contribution in [3.63, 3.8) is 0 Å². The summed E-state index contributed by atoms with van der Waals surface area (Å²) >= 11 is 0. The van der Waals surface area contributed by atoms with Crippen LogP contribution >= 0.6 is 0 Å². The van der Waals surface area contributed by atoms with Crippen molar-refractivity contribution < 1.29 is 4.74 Å². The molecule has 0 spiro atoms. The van der Waals surface area contributed by atoms with Crippen LogP contribution in [0.1, 0.15) is 37.7 Å². The zero-order chi connectivity index (χ0) is 17.1. The largest absolute Gasteiger partial charge is 0.379 e. The van der Waals surface area contributed by atoms with Gasteiger partial charge in [0, 0.05) is 43.5 Å². The standard InChI is InChI=1S/C18H29N5O/c1-5-6-23-16(4)18(15(3)20-23)17-11-19-13-22(17)14(2)12-21-7-9-24-10-8-21/h11,13-14H,5-10,12H2,1-4H3/t14-/m1/s1. The van der Waals surface area contributed by atoms with Crippen molar-refractivity contribution in [1.82, 2.24) is 24.2 Å². The van der Waals surface area contributed by atoms with Gasteiger partial charge in [-0.1, -0.05) is 6.92 Å².